The highest BCUT2D eigenvalue weighted by atomic mass is 16.1. The van der Waals surface area contributed by atoms with Gasteiger partial charge in [-0.3, -0.25) is 30.4 Å². The van der Waals surface area contributed by atoms with E-state index in [2.05, 4.69) is 50.7 Å². The molecule has 0 saturated carbocycles. The lowest BCUT2D eigenvalue weighted by atomic mass is 10.5. The number of hydrogen-bond donors (Lipinski definition) is 4. The van der Waals surface area contributed by atoms with Crippen LogP contribution >= 0.6 is 0 Å². The molecule has 0 radical (unpaired) electrons. The highest BCUT2D eigenvalue weighted by Crippen LogP contribution is 2.04. The summed E-state index contributed by atoms with van der Waals surface area (Å²) in [7, 11) is 0. The summed E-state index contributed by atoms with van der Waals surface area (Å²) in [5.41, 5.74) is 4.93. The summed E-state index contributed by atoms with van der Waals surface area (Å²) in [5, 5.41) is 0. The van der Waals surface area contributed by atoms with Gasteiger partial charge in [-0.25, -0.2) is 19.9 Å². The highest BCUT2D eigenvalue weighted by molar-refractivity contribution is 5.70. The summed E-state index contributed by atoms with van der Waals surface area (Å²) < 4.78 is 0. The highest BCUT2D eigenvalue weighted by Gasteiger charge is 2.07. The molecule has 0 amide bonds. The summed E-state index contributed by atoms with van der Waals surface area (Å²) in [5.74, 6) is 0.157. The van der Waals surface area contributed by atoms with Crippen molar-refractivity contribution < 1.29 is 0 Å². The van der Waals surface area contributed by atoms with Crippen LogP contribution in [0.15, 0.2) is 34.4 Å². The van der Waals surface area contributed by atoms with Gasteiger partial charge in [0, 0.05) is 24.8 Å². The number of fused-ring (bicyclic) bond motifs is 2. The van der Waals surface area contributed by atoms with E-state index in [-0.39, 0.29) is 34.2 Å². The van der Waals surface area contributed by atoms with Gasteiger partial charge in [-0.1, -0.05) is 0 Å². The molecule has 4 aromatic rings. The zero-order valence-corrected chi connectivity index (χ0v) is 11.8. The second kappa shape index (κ2) is 5.35. The summed E-state index contributed by atoms with van der Waals surface area (Å²) in [6.07, 6.45) is 5.64. The van der Waals surface area contributed by atoms with Crippen molar-refractivity contribution in [1.82, 2.24) is 39.9 Å². The molecule has 0 atom stereocenters. The first-order chi connectivity index (χ1) is 11.7. The van der Waals surface area contributed by atoms with Gasteiger partial charge < -0.3 is 0 Å². The van der Waals surface area contributed by atoms with Gasteiger partial charge in [0.2, 0.25) is 11.9 Å². The van der Waals surface area contributed by atoms with Crippen molar-refractivity contribution in [3.05, 3.63) is 45.5 Å². The molecule has 0 aliphatic carbocycles. The SMILES string of the molecule is O=c1[nH]c(NNc2nc3nccnc3c(=O)[nH]2)nc2nccnc12. The fourth-order valence-electron chi connectivity index (χ4n) is 1.98. The molecule has 4 rings (SSSR count). The average molecular weight is 324 g/mol. The van der Waals surface area contributed by atoms with Crippen LogP contribution in [0.3, 0.4) is 0 Å². The van der Waals surface area contributed by atoms with Gasteiger partial charge in [0.25, 0.3) is 11.1 Å². The fraction of sp³-hybridized carbons (Fsp3) is 0. The molecule has 0 aromatic carbocycles. The van der Waals surface area contributed by atoms with Crippen molar-refractivity contribution in [2.75, 3.05) is 10.9 Å². The standard InChI is InChI=1S/C12H8N10O2/c23-9-5-7(15-3-1-13-5)17-11(19-9)21-22-12-18-8-6(10(24)20-12)14-2-4-16-8/h1-4H,(H2,15,17,19,21,23)(H2,16,18,20,22,24). The Labute approximate surface area is 131 Å². The molecule has 4 N–H and O–H groups in total. The van der Waals surface area contributed by atoms with Crippen LogP contribution in [0, 0.1) is 0 Å². The van der Waals surface area contributed by atoms with E-state index in [0.717, 1.165) is 0 Å². The number of nitrogens with one attached hydrogen (secondary N) is 4. The van der Waals surface area contributed by atoms with Crippen LogP contribution in [0.4, 0.5) is 11.9 Å². The lowest BCUT2D eigenvalue weighted by molar-refractivity contribution is 1.06. The molecule has 12 nitrogen and oxygen atoms in total. The second-order valence-electron chi connectivity index (χ2n) is 4.54. The van der Waals surface area contributed by atoms with E-state index in [1.165, 1.54) is 24.8 Å². The summed E-state index contributed by atoms with van der Waals surface area (Å²) in [6, 6.07) is 0. The molecule has 12 heteroatoms. The van der Waals surface area contributed by atoms with Gasteiger partial charge in [0.05, 0.1) is 0 Å². The third-order valence-corrected chi connectivity index (χ3v) is 2.99. The Balaban J connectivity index is 1.65. The Morgan fingerprint density at radius 3 is 1.54 bits per heavy atom. The van der Waals surface area contributed by atoms with E-state index in [1.807, 2.05) is 0 Å². The maximum absolute atomic E-state index is 11.9. The molecule has 0 aliphatic rings. The Hall–Kier alpha value is -3.96. The molecule has 4 heterocycles. The van der Waals surface area contributed by atoms with E-state index >= 15 is 0 Å². The van der Waals surface area contributed by atoms with Crippen molar-refractivity contribution >= 4 is 34.2 Å². The zero-order valence-electron chi connectivity index (χ0n) is 11.8. The quantitative estimate of drug-likeness (QED) is 0.349. The maximum Gasteiger partial charge on any atom is 0.280 e. The zero-order chi connectivity index (χ0) is 16.5. The minimum Gasteiger partial charge on any atom is -0.289 e. The van der Waals surface area contributed by atoms with Gasteiger partial charge in [-0.2, -0.15) is 9.97 Å². The van der Waals surface area contributed by atoms with Crippen molar-refractivity contribution in [3.8, 4) is 0 Å². The van der Waals surface area contributed by atoms with Gasteiger partial charge in [-0.15, -0.1) is 0 Å². The number of H-pyrrole nitrogens is 2. The monoisotopic (exact) mass is 324 g/mol. The fourth-order valence-corrected chi connectivity index (χ4v) is 1.98. The van der Waals surface area contributed by atoms with Gasteiger partial charge in [0.1, 0.15) is 0 Å². The normalized spacial score (nSPS) is 10.8. The molecule has 4 aromatic heterocycles. The average Bonchev–Trinajstić information content (AvgIpc) is 2.60. The first-order valence-corrected chi connectivity index (χ1v) is 6.65. The Morgan fingerprint density at radius 1 is 0.667 bits per heavy atom. The number of nitrogens with zero attached hydrogens (tertiary/aromatic N) is 6. The van der Waals surface area contributed by atoms with Crippen molar-refractivity contribution in [2.45, 2.75) is 0 Å². The first-order valence-electron chi connectivity index (χ1n) is 6.65. The lowest BCUT2D eigenvalue weighted by Gasteiger charge is -2.07. The van der Waals surface area contributed by atoms with Crippen LogP contribution < -0.4 is 22.0 Å². The Morgan fingerprint density at radius 2 is 1.08 bits per heavy atom. The third kappa shape index (κ3) is 2.37. The van der Waals surface area contributed by atoms with E-state index in [9.17, 15) is 9.59 Å². The van der Waals surface area contributed by atoms with Crippen LogP contribution in [0.5, 0.6) is 0 Å². The maximum atomic E-state index is 11.9. The van der Waals surface area contributed by atoms with Gasteiger partial charge >= 0.3 is 0 Å². The molecule has 0 fully saturated rings. The largest absolute Gasteiger partial charge is 0.289 e. The number of hydrogen-bond acceptors (Lipinski definition) is 10. The minimum atomic E-state index is -0.455. The van der Waals surface area contributed by atoms with E-state index < -0.39 is 11.1 Å². The van der Waals surface area contributed by atoms with Crippen LogP contribution in [-0.4, -0.2) is 39.9 Å². The number of aromatic amines is 2. The summed E-state index contributed by atoms with van der Waals surface area (Å²) >= 11 is 0. The Bertz CT molecular complexity index is 1070. The molecular weight excluding hydrogens is 316 g/mol. The number of hydrazine groups is 1. The predicted molar refractivity (Wildman–Crippen MR) is 83.2 cm³/mol. The van der Waals surface area contributed by atoms with Crippen molar-refractivity contribution in [2.24, 2.45) is 0 Å². The van der Waals surface area contributed by atoms with Gasteiger partial charge in [-0.05, 0) is 0 Å². The molecular formula is C12H8N10O2. The van der Waals surface area contributed by atoms with Crippen LogP contribution in [0.2, 0.25) is 0 Å². The predicted octanol–water partition coefficient (Wildman–Crippen LogP) is -0.821. The molecule has 24 heavy (non-hydrogen) atoms. The van der Waals surface area contributed by atoms with Crippen LogP contribution in [0.25, 0.3) is 22.3 Å². The van der Waals surface area contributed by atoms with Crippen molar-refractivity contribution in [3.63, 3.8) is 0 Å². The number of anilines is 2. The Kier molecular flexibility index (Phi) is 3.05. The molecule has 0 spiro atoms. The summed E-state index contributed by atoms with van der Waals surface area (Å²) in [4.78, 5) is 52.6. The molecule has 118 valence electrons. The molecule has 0 bridgehead atoms. The number of aromatic nitrogens is 8. The van der Waals surface area contributed by atoms with Crippen molar-refractivity contribution in [1.29, 1.82) is 0 Å². The smallest absolute Gasteiger partial charge is 0.280 e. The minimum absolute atomic E-state index is 0.0786. The van der Waals surface area contributed by atoms with Crippen LogP contribution in [0.1, 0.15) is 0 Å². The van der Waals surface area contributed by atoms with E-state index in [1.54, 1.807) is 0 Å². The molecule has 0 unspecified atom stereocenters. The summed E-state index contributed by atoms with van der Waals surface area (Å²) in [6.45, 7) is 0. The third-order valence-electron chi connectivity index (χ3n) is 2.99. The second-order valence-corrected chi connectivity index (χ2v) is 4.54. The van der Waals surface area contributed by atoms with E-state index in [0.29, 0.717) is 0 Å². The van der Waals surface area contributed by atoms with E-state index in [4.69, 9.17) is 0 Å². The molecule has 0 aliphatic heterocycles. The van der Waals surface area contributed by atoms with Gasteiger partial charge in [0.15, 0.2) is 22.3 Å². The topological polar surface area (TPSA) is 167 Å². The van der Waals surface area contributed by atoms with Crippen LogP contribution in [-0.2, 0) is 0 Å². The molecule has 0 saturated heterocycles. The first kappa shape index (κ1) is 13.7. The lowest BCUT2D eigenvalue weighted by Crippen LogP contribution is -2.21. The number of rotatable bonds is 3.